The monoisotopic (exact) mass is 325 g/mol. The lowest BCUT2D eigenvalue weighted by Gasteiger charge is -2.23. The molecule has 0 aliphatic rings. The lowest BCUT2D eigenvalue weighted by molar-refractivity contribution is 0.492. The van der Waals surface area contributed by atoms with E-state index in [-0.39, 0.29) is 17.1 Å². The molecule has 0 aliphatic heterocycles. The minimum atomic E-state index is -0.451. The molecule has 2 atom stereocenters. The minimum absolute atomic E-state index is 0.0824. The first-order valence-corrected chi connectivity index (χ1v) is 7.61. The number of benzene rings is 2. The van der Waals surface area contributed by atoms with Crippen LogP contribution < -0.4 is 5.32 Å². The summed E-state index contributed by atoms with van der Waals surface area (Å²) in [5.74, 6) is -0.451. The zero-order valence-electron chi connectivity index (χ0n) is 12.3. The molecule has 0 amide bonds. The fourth-order valence-corrected chi connectivity index (χ4v) is 3.13. The van der Waals surface area contributed by atoms with Crippen LogP contribution in [0.3, 0.4) is 0 Å². The van der Waals surface area contributed by atoms with Crippen molar-refractivity contribution < 1.29 is 4.39 Å². The van der Waals surface area contributed by atoms with Crippen molar-refractivity contribution in [1.82, 2.24) is 5.32 Å². The van der Waals surface area contributed by atoms with Gasteiger partial charge >= 0.3 is 0 Å². The molecule has 0 radical (unpaired) electrons. The summed E-state index contributed by atoms with van der Waals surface area (Å²) in [4.78, 5) is 0. The Balaban J connectivity index is 2.22. The minimum Gasteiger partial charge on any atom is -0.304 e. The van der Waals surface area contributed by atoms with Gasteiger partial charge in [-0.15, -0.1) is 0 Å². The van der Waals surface area contributed by atoms with Crippen molar-refractivity contribution in [3.8, 4) is 0 Å². The Kier molecular flexibility index (Phi) is 5.26. The van der Waals surface area contributed by atoms with Gasteiger partial charge < -0.3 is 5.32 Å². The molecule has 0 aromatic heterocycles. The van der Waals surface area contributed by atoms with E-state index in [9.17, 15) is 4.39 Å². The van der Waals surface area contributed by atoms with E-state index in [1.807, 2.05) is 13.0 Å². The Labute approximate surface area is 135 Å². The van der Waals surface area contributed by atoms with E-state index < -0.39 is 5.82 Å². The van der Waals surface area contributed by atoms with Gasteiger partial charge in [0.25, 0.3) is 0 Å². The topological polar surface area (TPSA) is 12.0 Å². The molecule has 21 heavy (non-hydrogen) atoms. The molecule has 0 spiro atoms. The second-order valence-corrected chi connectivity index (χ2v) is 6.07. The van der Waals surface area contributed by atoms with Crippen LogP contribution in [0.25, 0.3) is 0 Å². The highest BCUT2D eigenvalue weighted by Crippen LogP contribution is 2.33. The second-order valence-electron chi connectivity index (χ2n) is 5.28. The summed E-state index contributed by atoms with van der Waals surface area (Å²) in [6, 6.07) is 11.0. The summed E-state index contributed by atoms with van der Waals surface area (Å²) in [6.07, 6.45) is 0. The normalized spacial score (nSPS) is 14.0. The molecule has 0 fully saturated rings. The van der Waals surface area contributed by atoms with Crippen LogP contribution in [0.2, 0.25) is 10.0 Å². The van der Waals surface area contributed by atoms with Crippen LogP contribution in [0.5, 0.6) is 0 Å². The van der Waals surface area contributed by atoms with Crippen LogP contribution in [0, 0.1) is 12.7 Å². The highest BCUT2D eigenvalue weighted by molar-refractivity contribution is 6.36. The molecule has 1 N–H and O–H groups in total. The maximum Gasteiger partial charge on any atom is 0.142 e. The first kappa shape index (κ1) is 16.3. The van der Waals surface area contributed by atoms with E-state index in [0.29, 0.717) is 10.6 Å². The summed E-state index contributed by atoms with van der Waals surface area (Å²) in [7, 11) is 0. The van der Waals surface area contributed by atoms with Crippen LogP contribution in [0.4, 0.5) is 4.39 Å². The number of hydrogen-bond acceptors (Lipinski definition) is 1. The van der Waals surface area contributed by atoms with E-state index in [4.69, 9.17) is 23.2 Å². The Hall–Kier alpha value is -1.09. The van der Waals surface area contributed by atoms with Gasteiger partial charge in [0.2, 0.25) is 0 Å². The van der Waals surface area contributed by atoms with Crippen LogP contribution in [-0.2, 0) is 0 Å². The van der Waals surface area contributed by atoms with Crippen molar-refractivity contribution in [2.75, 3.05) is 0 Å². The molecule has 1 nitrogen and oxygen atoms in total. The van der Waals surface area contributed by atoms with Crippen molar-refractivity contribution in [2.45, 2.75) is 32.9 Å². The molecule has 2 rings (SSSR count). The Morgan fingerprint density at radius 3 is 2.43 bits per heavy atom. The number of aryl methyl sites for hydroxylation is 1. The third kappa shape index (κ3) is 3.76. The van der Waals surface area contributed by atoms with Crippen molar-refractivity contribution >= 4 is 23.2 Å². The average Bonchev–Trinajstić information content (AvgIpc) is 2.43. The lowest BCUT2D eigenvalue weighted by Crippen LogP contribution is -2.23. The summed E-state index contributed by atoms with van der Waals surface area (Å²) in [6.45, 7) is 6.05. The van der Waals surface area contributed by atoms with Gasteiger partial charge in [-0.05, 0) is 38.5 Å². The van der Waals surface area contributed by atoms with Crippen molar-refractivity contribution in [1.29, 1.82) is 0 Å². The van der Waals surface area contributed by atoms with Crippen LogP contribution >= 0.6 is 23.2 Å². The predicted molar refractivity (Wildman–Crippen MR) is 87.6 cm³/mol. The fraction of sp³-hybridized carbons (Fsp3) is 0.294. The highest BCUT2D eigenvalue weighted by Gasteiger charge is 2.19. The van der Waals surface area contributed by atoms with Crippen molar-refractivity contribution in [3.63, 3.8) is 0 Å². The average molecular weight is 326 g/mol. The molecule has 2 aromatic rings. The molecule has 0 heterocycles. The smallest absolute Gasteiger partial charge is 0.142 e. The molecule has 4 heteroatoms. The third-order valence-electron chi connectivity index (χ3n) is 3.55. The number of hydrogen-bond donors (Lipinski definition) is 1. The molecular formula is C17H18Cl2FN. The molecule has 2 aromatic carbocycles. The standard InChI is InChI=1S/C17H18Cl2FN/c1-10-5-4-6-13(9-10)11(2)21-12(3)16-14(18)7-8-15(20)17(16)19/h4-9,11-12,21H,1-3H3/t11-,12?/m0/s1. The van der Waals surface area contributed by atoms with E-state index in [2.05, 4.69) is 37.4 Å². The largest absolute Gasteiger partial charge is 0.304 e. The van der Waals surface area contributed by atoms with Crippen LogP contribution in [-0.4, -0.2) is 0 Å². The summed E-state index contributed by atoms with van der Waals surface area (Å²) in [5, 5.41) is 3.97. The molecule has 1 unspecified atom stereocenters. The number of rotatable bonds is 4. The van der Waals surface area contributed by atoms with Gasteiger partial charge in [-0.25, -0.2) is 4.39 Å². The molecule has 112 valence electrons. The van der Waals surface area contributed by atoms with Crippen LogP contribution in [0.1, 0.15) is 42.6 Å². The van der Waals surface area contributed by atoms with E-state index >= 15 is 0 Å². The maximum absolute atomic E-state index is 13.6. The Bertz CT molecular complexity index is 643. The van der Waals surface area contributed by atoms with Gasteiger partial charge in [-0.2, -0.15) is 0 Å². The predicted octanol–water partition coefficient (Wildman–Crippen LogP) is 5.85. The zero-order valence-corrected chi connectivity index (χ0v) is 13.8. The summed E-state index contributed by atoms with van der Waals surface area (Å²) >= 11 is 12.2. The first-order chi connectivity index (χ1) is 9.90. The van der Waals surface area contributed by atoms with Crippen LogP contribution in [0.15, 0.2) is 36.4 Å². The van der Waals surface area contributed by atoms with Gasteiger partial charge in [0.05, 0.1) is 5.02 Å². The van der Waals surface area contributed by atoms with E-state index in [1.54, 1.807) is 0 Å². The number of halogens is 3. The van der Waals surface area contributed by atoms with Gasteiger partial charge in [0.1, 0.15) is 5.82 Å². The maximum atomic E-state index is 13.6. The highest BCUT2D eigenvalue weighted by atomic mass is 35.5. The Morgan fingerprint density at radius 1 is 1.05 bits per heavy atom. The first-order valence-electron chi connectivity index (χ1n) is 6.86. The van der Waals surface area contributed by atoms with Gasteiger partial charge in [-0.1, -0.05) is 53.0 Å². The fourth-order valence-electron chi connectivity index (χ4n) is 2.43. The van der Waals surface area contributed by atoms with E-state index in [0.717, 1.165) is 0 Å². The lowest BCUT2D eigenvalue weighted by atomic mass is 10.0. The SMILES string of the molecule is Cc1cccc([C@H](C)NC(C)c2c(Cl)ccc(F)c2Cl)c1. The molecular weight excluding hydrogens is 308 g/mol. The molecule has 0 saturated heterocycles. The Morgan fingerprint density at radius 2 is 1.76 bits per heavy atom. The zero-order chi connectivity index (χ0) is 15.6. The molecule has 0 aliphatic carbocycles. The van der Waals surface area contributed by atoms with Crippen molar-refractivity contribution in [3.05, 3.63) is 69.0 Å². The molecule has 0 saturated carbocycles. The summed E-state index contributed by atoms with van der Waals surface area (Å²) in [5.41, 5.74) is 2.97. The van der Waals surface area contributed by atoms with E-state index in [1.165, 1.54) is 23.3 Å². The van der Waals surface area contributed by atoms with Gasteiger partial charge in [-0.3, -0.25) is 0 Å². The summed E-state index contributed by atoms with van der Waals surface area (Å²) < 4.78 is 13.6. The van der Waals surface area contributed by atoms with Gasteiger partial charge in [0.15, 0.2) is 0 Å². The second kappa shape index (κ2) is 6.78. The third-order valence-corrected chi connectivity index (χ3v) is 4.27. The molecule has 0 bridgehead atoms. The van der Waals surface area contributed by atoms with Gasteiger partial charge in [0, 0.05) is 22.7 Å². The quantitative estimate of drug-likeness (QED) is 0.695. The number of nitrogens with one attached hydrogen (secondary N) is 1. The van der Waals surface area contributed by atoms with Crippen molar-refractivity contribution in [2.24, 2.45) is 0 Å².